The van der Waals surface area contributed by atoms with Crippen LogP contribution >= 0.6 is 0 Å². The number of hydrogen-bond acceptors (Lipinski definition) is 1. The average molecular weight is 208 g/mol. The normalized spacial score (nSPS) is 19.4. The SMILES string of the molecule is Cc1cc(F)cc(C(O)C2CCCC2)c1. The van der Waals surface area contributed by atoms with Crippen molar-refractivity contribution in [1.29, 1.82) is 0 Å². The van der Waals surface area contributed by atoms with Gasteiger partial charge in [-0.2, -0.15) is 0 Å². The number of benzene rings is 1. The van der Waals surface area contributed by atoms with Crippen LogP contribution in [0.4, 0.5) is 4.39 Å². The molecule has 2 rings (SSSR count). The molecule has 0 bridgehead atoms. The fourth-order valence-corrected chi connectivity index (χ4v) is 2.48. The lowest BCUT2D eigenvalue weighted by Crippen LogP contribution is -2.09. The van der Waals surface area contributed by atoms with Gasteiger partial charge in [-0.1, -0.05) is 18.9 Å². The van der Waals surface area contributed by atoms with Crippen LogP contribution < -0.4 is 0 Å². The molecule has 15 heavy (non-hydrogen) atoms. The van der Waals surface area contributed by atoms with Gasteiger partial charge in [-0.25, -0.2) is 4.39 Å². The van der Waals surface area contributed by atoms with Gasteiger partial charge in [0.05, 0.1) is 6.10 Å². The zero-order valence-electron chi connectivity index (χ0n) is 9.04. The molecule has 0 aliphatic heterocycles. The fourth-order valence-electron chi connectivity index (χ4n) is 2.48. The van der Waals surface area contributed by atoms with Crippen molar-refractivity contribution in [3.05, 3.63) is 35.1 Å². The molecule has 1 aromatic rings. The molecule has 1 saturated carbocycles. The Bertz CT molecular complexity index is 322. The van der Waals surface area contributed by atoms with Crippen LogP contribution in [0.1, 0.15) is 42.9 Å². The summed E-state index contributed by atoms with van der Waals surface area (Å²) in [4.78, 5) is 0. The van der Waals surface area contributed by atoms with E-state index in [1.54, 1.807) is 0 Å². The Balaban J connectivity index is 2.20. The topological polar surface area (TPSA) is 20.2 Å². The minimum Gasteiger partial charge on any atom is -0.388 e. The zero-order chi connectivity index (χ0) is 10.8. The summed E-state index contributed by atoms with van der Waals surface area (Å²) in [5, 5.41) is 10.1. The van der Waals surface area contributed by atoms with E-state index >= 15 is 0 Å². The molecule has 1 atom stereocenters. The predicted octanol–water partition coefficient (Wildman–Crippen LogP) is 3.36. The Morgan fingerprint density at radius 2 is 1.93 bits per heavy atom. The Morgan fingerprint density at radius 3 is 2.53 bits per heavy atom. The standard InChI is InChI=1S/C13H17FO/c1-9-6-11(8-12(14)7-9)13(15)10-4-2-3-5-10/h6-8,10,13,15H,2-5H2,1H3. The van der Waals surface area contributed by atoms with Gasteiger partial charge in [-0.15, -0.1) is 0 Å². The van der Waals surface area contributed by atoms with Gasteiger partial charge in [0.2, 0.25) is 0 Å². The van der Waals surface area contributed by atoms with Crippen molar-refractivity contribution in [2.45, 2.75) is 38.7 Å². The Morgan fingerprint density at radius 1 is 1.27 bits per heavy atom. The summed E-state index contributed by atoms with van der Waals surface area (Å²) >= 11 is 0. The van der Waals surface area contributed by atoms with Crippen LogP contribution in [0.25, 0.3) is 0 Å². The van der Waals surface area contributed by atoms with Gasteiger partial charge in [-0.05, 0) is 48.9 Å². The Hall–Kier alpha value is -0.890. The molecule has 1 fully saturated rings. The zero-order valence-corrected chi connectivity index (χ0v) is 9.04. The third-order valence-electron chi connectivity index (χ3n) is 3.25. The van der Waals surface area contributed by atoms with Crippen LogP contribution in [0.3, 0.4) is 0 Å². The molecule has 1 aromatic carbocycles. The summed E-state index contributed by atoms with van der Waals surface area (Å²) in [6.07, 6.45) is 4.03. The van der Waals surface area contributed by atoms with E-state index in [0.717, 1.165) is 24.0 Å². The molecular formula is C13H17FO. The van der Waals surface area contributed by atoms with Gasteiger partial charge >= 0.3 is 0 Å². The van der Waals surface area contributed by atoms with Crippen molar-refractivity contribution < 1.29 is 9.50 Å². The number of aryl methyl sites for hydroxylation is 1. The number of aliphatic hydroxyl groups is 1. The summed E-state index contributed by atoms with van der Waals surface area (Å²) in [5.74, 6) is 0.0771. The van der Waals surface area contributed by atoms with Crippen LogP contribution in [0.2, 0.25) is 0 Å². The highest BCUT2D eigenvalue weighted by Crippen LogP contribution is 2.35. The maximum Gasteiger partial charge on any atom is 0.123 e. The Kier molecular flexibility index (Phi) is 3.06. The van der Waals surface area contributed by atoms with Crippen molar-refractivity contribution in [2.24, 2.45) is 5.92 Å². The molecule has 1 nitrogen and oxygen atoms in total. The third kappa shape index (κ3) is 2.37. The molecule has 82 valence electrons. The van der Waals surface area contributed by atoms with Crippen molar-refractivity contribution in [1.82, 2.24) is 0 Å². The largest absolute Gasteiger partial charge is 0.388 e. The van der Waals surface area contributed by atoms with E-state index in [0.29, 0.717) is 5.92 Å². The van der Waals surface area contributed by atoms with Crippen LogP contribution in [-0.4, -0.2) is 5.11 Å². The van der Waals surface area contributed by atoms with Crippen molar-refractivity contribution in [3.8, 4) is 0 Å². The molecule has 0 radical (unpaired) electrons. The van der Waals surface area contributed by atoms with Crippen LogP contribution in [0.5, 0.6) is 0 Å². The van der Waals surface area contributed by atoms with Crippen molar-refractivity contribution in [2.75, 3.05) is 0 Å². The van der Waals surface area contributed by atoms with Crippen molar-refractivity contribution >= 4 is 0 Å². The quantitative estimate of drug-likeness (QED) is 0.790. The van der Waals surface area contributed by atoms with E-state index in [-0.39, 0.29) is 5.82 Å². The highest BCUT2D eigenvalue weighted by Gasteiger charge is 2.24. The second-order valence-electron chi connectivity index (χ2n) is 4.55. The van der Waals surface area contributed by atoms with E-state index in [4.69, 9.17) is 0 Å². The highest BCUT2D eigenvalue weighted by molar-refractivity contribution is 5.25. The molecule has 1 aliphatic carbocycles. The summed E-state index contributed by atoms with van der Waals surface area (Å²) in [6, 6.07) is 4.83. The van der Waals surface area contributed by atoms with E-state index in [1.165, 1.54) is 25.0 Å². The lowest BCUT2D eigenvalue weighted by Gasteiger charge is -2.18. The van der Waals surface area contributed by atoms with Gasteiger partial charge in [0, 0.05) is 0 Å². The minimum atomic E-state index is -0.484. The molecule has 0 heterocycles. The first kappa shape index (κ1) is 10.6. The maximum absolute atomic E-state index is 13.2. The molecular weight excluding hydrogens is 191 g/mol. The monoisotopic (exact) mass is 208 g/mol. The maximum atomic E-state index is 13.2. The van der Waals surface area contributed by atoms with Crippen LogP contribution in [0.15, 0.2) is 18.2 Å². The minimum absolute atomic E-state index is 0.248. The lowest BCUT2D eigenvalue weighted by molar-refractivity contribution is 0.111. The number of halogens is 1. The molecule has 0 amide bonds. The molecule has 1 unspecified atom stereocenters. The van der Waals surface area contributed by atoms with Gasteiger partial charge < -0.3 is 5.11 Å². The van der Waals surface area contributed by atoms with E-state index in [1.807, 2.05) is 13.0 Å². The first-order valence-electron chi connectivity index (χ1n) is 5.62. The smallest absolute Gasteiger partial charge is 0.123 e. The van der Waals surface area contributed by atoms with Gasteiger partial charge in [0.1, 0.15) is 5.82 Å². The first-order valence-corrected chi connectivity index (χ1v) is 5.62. The summed E-state index contributed by atoms with van der Waals surface area (Å²) in [5.41, 5.74) is 1.61. The van der Waals surface area contributed by atoms with E-state index in [2.05, 4.69) is 0 Å². The molecule has 0 spiro atoms. The highest BCUT2D eigenvalue weighted by atomic mass is 19.1. The third-order valence-corrected chi connectivity index (χ3v) is 3.25. The molecule has 2 heteroatoms. The first-order chi connectivity index (χ1) is 7.16. The second-order valence-corrected chi connectivity index (χ2v) is 4.55. The van der Waals surface area contributed by atoms with Gasteiger partial charge in [0.15, 0.2) is 0 Å². The average Bonchev–Trinajstić information content (AvgIpc) is 2.67. The molecule has 1 aliphatic rings. The molecule has 1 N–H and O–H groups in total. The van der Waals surface area contributed by atoms with Crippen molar-refractivity contribution in [3.63, 3.8) is 0 Å². The summed E-state index contributed by atoms with van der Waals surface area (Å²) in [7, 11) is 0. The predicted molar refractivity (Wildman–Crippen MR) is 58.1 cm³/mol. The summed E-state index contributed by atoms with van der Waals surface area (Å²) in [6.45, 7) is 1.86. The number of rotatable bonds is 2. The van der Waals surface area contributed by atoms with E-state index in [9.17, 15) is 9.50 Å². The molecule has 0 aromatic heterocycles. The second kappa shape index (κ2) is 4.31. The van der Waals surface area contributed by atoms with Crippen LogP contribution in [-0.2, 0) is 0 Å². The van der Waals surface area contributed by atoms with Gasteiger partial charge in [-0.3, -0.25) is 0 Å². The molecule has 0 saturated heterocycles. The van der Waals surface area contributed by atoms with E-state index < -0.39 is 6.10 Å². The lowest BCUT2D eigenvalue weighted by atomic mass is 9.93. The van der Waals surface area contributed by atoms with Crippen LogP contribution in [0, 0.1) is 18.7 Å². The number of aliphatic hydroxyl groups excluding tert-OH is 1. The number of hydrogen-bond donors (Lipinski definition) is 1. The van der Waals surface area contributed by atoms with Gasteiger partial charge in [0.25, 0.3) is 0 Å². The Labute approximate surface area is 89.9 Å². The summed E-state index contributed by atoms with van der Waals surface area (Å²) < 4.78 is 13.2. The fraction of sp³-hybridized carbons (Fsp3) is 0.538.